The summed E-state index contributed by atoms with van der Waals surface area (Å²) < 4.78 is 5.01. The van der Waals surface area contributed by atoms with Crippen molar-refractivity contribution in [2.45, 2.75) is 6.10 Å². The lowest BCUT2D eigenvalue weighted by Gasteiger charge is -2.10. The molecule has 0 spiro atoms. The Hall–Kier alpha value is -1.51. The van der Waals surface area contributed by atoms with Gasteiger partial charge in [0.25, 0.3) is 11.6 Å². The van der Waals surface area contributed by atoms with Gasteiger partial charge in [-0.1, -0.05) is 0 Å². The Kier molecular flexibility index (Phi) is 5.87. The minimum Gasteiger partial charge on any atom is -0.389 e. The number of nitrogens with one attached hydrogen (secondary N) is 1. The third kappa shape index (κ3) is 4.58. The van der Waals surface area contributed by atoms with Crippen molar-refractivity contribution in [2.24, 2.45) is 0 Å². The molecular weight excluding hydrogens is 320 g/mol. The summed E-state index contributed by atoms with van der Waals surface area (Å²) in [4.78, 5) is 21.9. The summed E-state index contributed by atoms with van der Waals surface area (Å²) in [5.74, 6) is -0.495. The molecule has 104 valence electrons. The standard InChI is InChI=1S/C11H13BrN2O5/c1-19-6-8(15)5-13-11(16)7-2-3-9(12)10(4-7)14(17)18/h2-4,8,15H,5-6H2,1H3,(H,13,16). The van der Waals surface area contributed by atoms with Crippen molar-refractivity contribution >= 4 is 27.5 Å². The number of rotatable bonds is 6. The van der Waals surface area contributed by atoms with Crippen LogP contribution in [0.5, 0.6) is 0 Å². The molecule has 0 aliphatic carbocycles. The van der Waals surface area contributed by atoms with E-state index in [1.54, 1.807) is 0 Å². The Morgan fingerprint density at radius 1 is 1.63 bits per heavy atom. The van der Waals surface area contributed by atoms with Crippen LogP contribution in [0.3, 0.4) is 0 Å². The van der Waals surface area contributed by atoms with Gasteiger partial charge in [-0.2, -0.15) is 0 Å². The fraction of sp³-hybridized carbons (Fsp3) is 0.364. The minimum absolute atomic E-state index is 0.0105. The molecule has 1 atom stereocenters. The van der Waals surface area contributed by atoms with Gasteiger partial charge in [0, 0.05) is 25.3 Å². The maximum atomic E-state index is 11.7. The molecule has 7 nitrogen and oxygen atoms in total. The van der Waals surface area contributed by atoms with Crippen LogP contribution in [0.4, 0.5) is 5.69 Å². The molecule has 1 rings (SSSR count). The lowest BCUT2D eigenvalue weighted by molar-refractivity contribution is -0.385. The van der Waals surface area contributed by atoms with Crippen LogP contribution in [0.1, 0.15) is 10.4 Å². The molecule has 0 bridgehead atoms. The first-order valence-corrected chi connectivity index (χ1v) is 6.14. The van der Waals surface area contributed by atoms with Crippen LogP contribution < -0.4 is 5.32 Å². The Bertz CT molecular complexity index is 480. The highest BCUT2D eigenvalue weighted by molar-refractivity contribution is 9.10. The number of carbonyl (C=O) groups is 1. The van der Waals surface area contributed by atoms with E-state index in [1.807, 2.05) is 0 Å². The topological polar surface area (TPSA) is 102 Å². The Balaban J connectivity index is 2.72. The van der Waals surface area contributed by atoms with Crippen molar-refractivity contribution < 1.29 is 19.6 Å². The summed E-state index contributed by atoms with van der Waals surface area (Å²) in [6.45, 7) is 0.108. The van der Waals surface area contributed by atoms with Crippen LogP contribution in [-0.2, 0) is 4.74 Å². The van der Waals surface area contributed by atoms with Gasteiger partial charge < -0.3 is 15.2 Å². The van der Waals surface area contributed by atoms with Crippen LogP contribution >= 0.6 is 15.9 Å². The van der Waals surface area contributed by atoms with Gasteiger partial charge in [0.15, 0.2) is 0 Å². The first-order chi connectivity index (χ1) is 8.95. The second-order valence-electron chi connectivity index (χ2n) is 3.74. The van der Waals surface area contributed by atoms with Crippen LogP contribution in [-0.4, -0.2) is 42.3 Å². The molecule has 0 fully saturated rings. The summed E-state index contributed by atoms with van der Waals surface area (Å²) in [6.07, 6.45) is -0.820. The number of amides is 1. The van der Waals surface area contributed by atoms with Gasteiger partial charge in [-0.15, -0.1) is 0 Å². The lowest BCUT2D eigenvalue weighted by Crippen LogP contribution is -2.34. The van der Waals surface area contributed by atoms with E-state index >= 15 is 0 Å². The van der Waals surface area contributed by atoms with Crippen molar-refractivity contribution in [2.75, 3.05) is 20.3 Å². The Morgan fingerprint density at radius 2 is 2.32 bits per heavy atom. The maximum Gasteiger partial charge on any atom is 0.284 e. The fourth-order valence-electron chi connectivity index (χ4n) is 1.36. The Labute approximate surface area is 117 Å². The maximum absolute atomic E-state index is 11.7. The number of halogens is 1. The van der Waals surface area contributed by atoms with Crippen molar-refractivity contribution in [1.82, 2.24) is 5.32 Å². The number of ether oxygens (including phenoxy) is 1. The van der Waals surface area contributed by atoms with E-state index in [1.165, 1.54) is 25.3 Å². The van der Waals surface area contributed by atoms with Gasteiger partial charge in [0.05, 0.1) is 22.1 Å². The lowest BCUT2D eigenvalue weighted by atomic mass is 10.2. The van der Waals surface area contributed by atoms with Gasteiger partial charge in [0.2, 0.25) is 0 Å². The van der Waals surface area contributed by atoms with Crippen molar-refractivity contribution in [1.29, 1.82) is 0 Å². The number of nitro groups is 1. The van der Waals surface area contributed by atoms with Gasteiger partial charge in [-0.05, 0) is 28.1 Å². The predicted octanol–water partition coefficient (Wildman–Crippen LogP) is 1.09. The zero-order valence-electron chi connectivity index (χ0n) is 10.1. The number of aliphatic hydroxyl groups is 1. The molecule has 0 aliphatic rings. The molecule has 19 heavy (non-hydrogen) atoms. The SMILES string of the molecule is COCC(O)CNC(=O)c1ccc(Br)c([N+](=O)[O-])c1. The van der Waals surface area contributed by atoms with E-state index in [4.69, 9.17) is 4.74 Å². The number of hydrogen-bond donors (Lipinski definition) is 2. The average molecular weight is 333 g/mol. The molecule has 2 N–H and O–H groups in total. The Morgan fingerprint density at radius 3 is 2.89 bits per heavy atom. The number of benzene rings is 1. The van der Waals surface area contributed by atoms with Crippen molar-refractivity contribution in [3.05, 3.63) is 38.3 Å². The first-order valence-electron chi connectivity index (χ1n) is 5.35. The normalized spacial score (nSPS) is 11.9. The third-order valence-electron chi connectivity index (χ3n) is 2.26. The number of nitro benzene ring substituents is 1. The van der Waals surface area contributed by atoms with Gasteiger partial charge in [0.1, 0.15) is 0 Å². The monoisotopic (exact) mass is 332 g/mol. The number of carbonyl (C=O) groups excluding carboxylic acids is 1. The second-order valence-corrected chi connectivity index (χ2v) is 4.60. The van der Waals surface area contributed by atoms with Crippen LogP contribution in [0.2, 0.25) is 0 Å². The zero-order chi connectivity index (χ0) is 14.4. The highest BCUT2D eigenvalue weighted by Gasteiger charge is 2.16. The van der Waals surface area contributed by atoms with E-state index in [-0.39, 0.29) is 24.4 Å². The third-order valence-corrected chi connectivity index (χ3v) is 2.93. The number of aliphatic hydroxyl groups excluding tert-OH is 1. The van der Waals surface area contributed by atoms with E-state index in [0.29, 0.717) is 4.47 Å². The molecule has 0 aliphatic heterocycles. The predicted molar refractivity (Wildman–Crippen MR) is 71.0 cm³/mol. The largest absolute Gasteiger partial charge is 0.389 e. The van der Waals surface area contributed by atoms with Gasteiger partial charge in [-0.3, -0.25) is 14.9 Å². The highest BCUT2D eigenvalue weighted by atomic mass is 79.9. The number of nitrogens with zero attached hydrogens (tertiary/aromatic N) is 1. The zero-order valence-corrected chi connectivity index (χ0v) is 11.7. The summed E-state index contributed by atoms with van der Waals surface area (Å²) >= 11 is 3.03. The van der Waals surface area contributed by atoms with Crippen molar-refractivity contribution in [3.63, 3.8) is 0 Å². The van der Waals surface area contributed by atoms with Crippen LogP contribution in [0, 0.1) is 10.1 Å². The molecule has 0 saturated carbocycles. The van der Waals surface area contributed by atoms with Gasteiger partial charge >= 0.3 is 0 Å². The number of methoxy groups -OCH3 is 1. The summed E-state index contributed by atoms with van der Waals surface area (Å²) in [5.41, 5.74) is -0.0374. The van der Waals surface area contributed by atoms with E-state index in [0.717, 1.165) is 0 Å². The summed E-state index contributed by atoms with van der Waals surface area (Å²) in [5, 5.41) is 22.6. The van der Waals surface area contributed by atoms with E-state index in [2.05, 4.69) is 21.2 Å². The van der Waals surface area contributed by atoms with Crippen molar-refractivity contribution in [3.8, 4) is 0 Å². The molecule has 0 saturated heterocycles. The molecular formula is C11H13BrN2O5. The van der Waals surface area contributed by atoms with Gasteiger partial charge in [-0.25, -0.2) is 0 Å². The van der Waals surface area contributed by atoms with Crippen LogP contribution in [0.25, 0.3) is 0 Å². The van der Waals surface area contributed by atoms with E-state index < -0.39 is 16.9 Å². The summed E-state index contributed by atoms with van der Waals surface area (Å²) in [7, 11) is 1.43. The molecule has 1 amide bonds. The molecule has 0 radical (unpaired) electrons. The highest BCUT2D eigenvalue weighted by Crippen LogP contribution is 2.25. The van der Waals surface area contributed by atoms with E-state index in [9.17, 15) is 20.0 Å². The minimum atomic E-state index is -0.820. The molecule has 1 aromatic carbocycles. The number of hydrogen-bond acceptors (Lipinski definition) is 5. The first kappa shape index (κ1) is 15.5. The van der Waals surface area contributed by atoms with Crippen LogP contribution in [0.15, 0.2) is 22.7 Å². The molecule has 1 aromatic rings. The molecule has 0 aromatic heterocycles. The molecule has 1 unspecified atom stereocenters. The quantitative estimate of drug-likeness (QED) is 0.599. The molecule has 0 heterocycles. The summed E-state index contributed by atoms with van der Waals surface area (Å²) in [6, 6.07) is 4.05. The fourth-order valence-corrected chi connectivity index (χ4v) is 1.75. The second kappa shape index (κ2) is 7.17. The smallest absolute Gasteiger partial charge is 0.284 e. The molecule has 8 heteroatoms. The average Bonchev–Trinajstić information content (AvgIpc) is 2.36.